The third-order valence-corrected chi connectivity index (χ3v) is 3.40. The third-order valence-electron chi connectivity index (χ3n) is 1.94. The quantitative estimate of drug-likeness (QED) is 0.475. The van der Waals surface area contributed by atoms with E-state index < -0.39 is 0 Å². The van der Waals surface area contributed by atoms with Gasteiger partial charge in [0.15, 0.2) is 0 Å². The maximum atomic E-state index is 3.12. The molecule has 84 valence electrons. The van der Waals surface area contributed by atoms with Gasteiger partial charge in [-0.2, -0.15) is 12.2 Å². The Morgan fingerprint density at radius 2 is 1.50 bits per heavy atom. The Morgan fingerprint density at radius 1 is 1.12 bits per heavy atom. The van der Waals surface area contributed by atoms with Crippen LogP contribution in [0.1, 0.15) is 40.0 Å². The first-order valence-corrected chi connectivity index (χ1v) is 7.75. The summed E-state index contributed by atoms with van der Waals surface area (Å²) in [6, 6.07) is 0. The molecule has 0 spiro atoms. The van der Waals surface area contributed by atoms with Gasteiger partial charge in [-0.3, -0.25) is 12.2 Å². The van der Waals surface area contributed by atoms with Gasteiger partial charge in [0.1, 0.15) is 0 Å². The zero-order valence-electron chi connectivity index (χ0n) is 10.5. The molecule has 0 heterocycles. The average Bonchev–Trinajstić information content (AvgIpc) is 2.93. The van der Waals surface area contributed by atoms with Crippen LogP contribution < -0.4 is 0 Å². The van der Waals surface area contributed by atoms with Gasteiger partial charge in [0, 0.05) is 0 Å². The molecule has 0 amide bonds. The molecular formula is C15H20Hf. The summed E-state index contributed by atoms with van der Waals surface area (Å²) in [6.45, 7) is 6.28. The van der Waals surface area contributed by atoms with Gasteiger partial charge >= 0.3 is 41.0 Å². The van der Waals surface area contributed by atoms with E-state index in [-0.39, 0.29) is 0 Å². The van der Waals surface area contributed by atoms with Crippen LogP contribution in [-0.4, -0.2) is 3.76 Å². The summed E-state index contributed by atoms with van der Waals surface area (Å²) < 4.78 is 2.26. The molecule has 2 aliphatic rings. The van der Waals surface area contributed by atoms with Crippen molar-refractivity contribution in [1.82, 2.24) is 0 Å². The summed E-state index contributed by atoms with van der Waals surface area (Å²) in [6.07, 6.45) is 17.9. The molecule has 0 aromatic heterocycles. The molecule has 0 nitrogen and oxygen atoms in total. The summed E-state index contributed by atoms with van der Waals surface area (Å²) in [4.78, 5) is 0. The molecule has 1 heteroatoms. The fraction of sp³-hybridized carbons (Fsp3) is 0.400. The molecule has 0 fully saturated rings. The molecule has 0 bridgehead atoms. The first-order chi connectivity index (χ1) is 7.70. The zero-order valence-corrected chi connectivity index (χ0v) is 14.1. The van der Waals surface area contributed by atoms with Gasteiger partial charge < -0.3 is 0 Å². The standard InChI is InChI=1S/2C6H7.C3H6.Hf/c2*1-6-4-2-3-5-6;1-3-2;/h2*2,4H,3H2,1H3;1H,3H2,2H3;/q2*-1;;+2. The van der Waals surface area contributed by atoms with Gasteiger partial charge in [0.05, 0.1) is 0 Å². The van der Waals surface area contributed by atoms with Crippen LogP contribution in [0.25, 0.3) is 0 Å². The van der Waals surface area contributed by atoms with Crippen LogP contribution in [0.4, 0.5) is 0 Å². The molecule has 0 radical (unpaired) electrons. The first-order valence-electron chi connectivity index (χ1n) is 5.67. The summed E-state index contributed by atoms with van der Waals surface area (Å²) in [5.41, 5.74) is 2.55. The van der Waals surface area contributed by atoms with Crippen LogP contribution in [-0.2, 0) is 23.9 Å². The second kappa shape index (κ2) is 11.2. The van der Waals surface area contributed by atoms with Crippen LogP contribution in [0.5, 0.6) is 0 Å². The molecule has 0 atom stereocenters. The number of hydrogen-bond acceptors (Lipinski definition) is 0. The Hall–Kier alpha value is -0.300. The van der Waals surface area contributed by atoms with Crippen molar-refractivity contribution < 1.29 is 23.9 Å². The van der Waals surface area contributed by atoms with Crippen LogP contribution in [0, 0.1) is 12.2 Å². The molecule has 0 saturated heterocycles. The molecule has 0 aliphatic heterocycles. The van der Waals surface area contributed by atoms with Crippen molar-refractivity contribution in [2.24, 2.45) is 0 Å². The summed E-state index contributed by atoms with van der Waals surface area (Å²) >= 11 is 1.26. The van der Waals surface area contributed by atoms with Gasteiger partial charge in [0.25, 0.3) is 0 Å². The molecule has 0 saturated carbocycles. The molecule has 2 rings (SSSR count). The van der Waals surface area contributed by atoms with Gasteiger partial charge in [0.2, 0.25) is 0 Å². The third kappa shape index (κ3) is 10.2. The minimum atomic E-state index is 1.02. The van der Waals surface area contributed by atoms with Crippen LogP contribution in [0.2, 0.25) is 0 Å². The van der Waals surface area contributed by atoms with Gasteiger partial charge in [-0.05, 0) is 0 Å². The van der Waals surface area contributed by atoms with Crippen molar-refractivity contribution in [2.45, 2.75) is 40.0 Å². The second-order valence-corrected chi connectivity index (χ2v) is 5.01. The molecule has 0 aromatic rings. The molecule has 16 heavy (non-hydrogen) atoms. The Balaban J connectivity index is 0.000000217. The monoisotopic (exact) mass is 380 g/mol. The van der Waals surface area contributed by atoms with Crippen molar-refractivity contribution >= 4 is 3.76 Å². The fourth-order valence-electron chi connectivity index (χ4n) is 1.03. The fourth-order valence-corrected chi connectivity index (χ4v) is 1.03. The molecule has 0 N–H and O–H groups in total. The van der Waals surface area contributed by atoms with Gasteiger partial charge in [-0.25, -0.2) is 23.3 Å². The second-order valence-electron chi connectivity index (χ2n) is 3.54. The molecular weight excluding hydrogens is 359 g/mol. The van der Waals surface area contributed by atoms with Crippen LogP contribution in [0.3, 0.4) is 0 Å². The summed E-state index contributed by atoms with van der Waals surface area (Å²) in [5.74, 6) is 0. The van der Waals surface area contributed by atoms with Crippen molar-refractivity contribution in [3.8, 4) is 0 Å². The van der Waals surface area contributed by atoms with E-state index in [9.17, 15) is 0 Å². The molecule has 0 aromatic carbocycles. The van der Waals surface area contributed by atoms with Crippen molar-refractivity contribution in [3.63, 3.8) is 0 Å². The van der Waals surface area contributed by atoms with Crippen molar-refractivity contribution in [1.29, 1.82) is 0 Å². The van der Waals surface area contributed by atoms with E-state index >= 15 is 0 Å². The predicted molar refractivity (Wildman–Crippen MR) is 68.7 cm³/mol. The molecule has 0 unspecified atom stereocenters. The number of hydrogen-bond donors (Lipinski definition) is 0. The SMILES string of the molecule is CC1=[C-]CC=C1.CC1=[C-]CC=C1.CC[CH]=[Hf+2]. The Labute approximate surface area is 115 Å². The van der Waals surface area contributed by atoms with E-state index in [1.54, 1.807) is 0 Å². The zero-order chi connectivity index (χ0) is 12.2. The van der Waals surface area contributed by atoms with E-state index in [0.29, 0.717) is 0 Å². The first kappa shape index (κ1) is 15.7. The Kier molecular flexibility index (Phi) is 11.0. The van der Waals surface area contributed by atoms with Gasteiger partial charge in [-0.15, -0.1) is 12.8 Å². The number of rotatable bonds is 1. The Morgan fingerprint density at radius 3 is 1.56 bits per heavy atom. The maximum absolute atomic E-state index is 3.12. The van der Waals surface area contributed by atoms with Crippen LogP contribution >= 0.6 is 0 Å². The van der Waals surface area contributed by atoms with E-state index in [1.807, 2.05) is 0 Å². The van der Waals surface area contributed by atoms with E-state index in [2.05, 4.69) is 61.0 Å². The topological polar surface area (TPSA) is 0 Å². The minimum absolute atomic E-state index is 1.02. The van der Waals surface area contributed by atoms with E-state index in [0.717, 1.165) is 12.8 Å². The van der Waals surface area contributed by atoms with Crippen molar-refractivity contribution in [3.05, 3.63) is 47.6 Å². The average molecular weight is 379 g/mol. The van der Waals surface area contributed by atoms with Crippen molar-refractivity contribution in [2.75, 3.05) is 0 Å². The predicted octanol–water partition coefficient (Wildman–Crippen LogP) is 4.14. The van der Waals surface area contributed by atoms with E-state index in [1.165, 1.54) is 41.5 Å². The van der Waals surface area contributed by atoms with Gasteiger partial charge in [-0.1, -0.05) is 13.8 Å². The van der Waals surface area contributed by atoms with Crippen LogP contribution in [0.15, 0.2) is 35.5 Å². The summed E-state index contributed by atoms with van der Waals surface area (Å²) in [7, 11) is 0. The number of allylic oxidation sites excluding steroid dienone is 8. The summed E-state index contributed by atoms with van der Waals surface area (Å²) in [5, 5.41) is 0. The van der Waals surface area contributed by atoms with E-state index in [4.69, 9.17) is 0 Å². The Bertz CT molecular complexity index is 270. The normalized spacial score (nSPS) is 15.6. The molecule has 2 aliphatic carbocycles.